The van der Waals surface area contributed by atoms with Crippen LogP contribution in [-0.4, -0.2) is 111 Å². The molecule has 1 unspecified atom stereocenters. The number of piperidine rings is 1. The molecule has 0 spiro atoms. The van der Waals surface area contributed by atoms with Crippen LogP contribution in [0.3, 0.4) is 0 Å². The van der Waals surface area contributed by atoms with Gasteiger partial charge in [0.2, 0.25) is 17.7 Å². The van der Waals surface area contributed by atoms with Crippen molar-refractivity contribution in [2.75, 3.05) is 43.0 Å². The van der Waals surface area contributed by atoms with E-state index in [-0.39, 0.29) is 71.0 Å². The fourth-order valence-electron chi connectivity index (χ4n) is 8.24. The lowest BCUT2D eigenvalue weighted by Crippen LogP contribution is -2.58. The minimum absolute atomic E-state index is 0.0874. The standard InChI is InChI=1S/C38H47ClN8O5S/c1-23-20-44(21-24(2)45(23)22-34(49)42-26-7-5-25(6-8-26)30-13-14-33(48)43-35(30)50)15-16-52-29-11-9-27(10-12-29)47-37(53)46(36(51)38(47,3)4)28-17-31(39)32(18-40)41-19-28/h5-8,17,19,23-24,27,29-30H,9-16,20-22H2,1-4H3,(H,42,49)(H,43,48,50)/t23-,24+,27-,29-,30?. The SMILES string of the molecule is C[C@@H]1CN(CCO[C@H]2CC[C@H](N3C(=S)N(c4cnc(C#N)c(Cl)c4)C(=O)C3(C)C)CC2)C[C@H](C)N1CC(=O)Nc1ccc(C2CCC(=O)NC2=O)cc1. The van der Waals surface area contributed by atoms with Gasteiger partial charge in [0, 0.05) is 49.9 Å². The summed E-state index contributed by atoms with van der Waals surface area (Å²) in [6, 6.07) is 11.2. The first-order valence-electron chi connectivity index (χ1n) is 18.3. The highest BCUT2D eigenvalue weighted by atomic mass is 35.5. The number of amides is 4. The highest BCUT2D eigenvalue weighted by Gasteiger charge is 2.52. The number of thiocarbonyl (C=S) groups is 1. The number of nitrogens with one attached hydrogen (secondary N) is 2. The number of carbonyl (C=O) groups is 4. The topological polar surface area (TPSA) is 151 Å². The lowest BCUT2D eigenvalue weighted by molar-refractivity contribution is -0.134. The number of nitriles is 1. The molecule has 0 bridgehead atoms. The molecule has 6 rings (SSSR count). The number of pyridine rings is 1. The molecule has 2 N–H and O–H groups in total. The van der Waals surface area contributed by atoms with Crippen molar-refractivity contribution in [3.8, 4) is 6.07 Å². The molecule has 1 aliphatic carbocycles. The van der Waals surface area contributed by atoms with Crippen LogP contribution < -0.4 is 15.5 Å². The summed E-state index contributed by atoms with van der Waals surface area (Å²) < 4.78 is 6.37. The minimum atomic E-state index is -0.836. The number of aromatic nitrogens is 1. The Morgan fingerprint density at radius 3 is 2.40 bits per heavy atom. The van der Waals surface area contributed by atoms with Crippen LogP contribution in [0.1, 0.15) is 83.4 Å². The zero-order valence-electron chi connectivity index (χ0n) is 30.6. The Kier molecular flexibility index (Phi) is 11.8. The molecule has 3 atom stereocenters. The monoisotopic (exact) mass is 762 g/mol. The Labute approximate surface area is 320 Å². The first-order valence-corrected chi connectivity index (χ1v) is 19.1. The molecule has 0 radical (unpaired) electrons. The van der Waals surface area contributed by atoms with Crippen LogP contribution >= 0.6 is 23.8 Å². The fourth-order valence-corrected chi connectivity index (χ4v) is 9.01. The van der Waals surface area contributed by atoms with E-state index in [0.29, 0.717) is 35.9 Å². The number of benzene rings is 1. The van der Waals surface area contributed by atoms with Gasteiger partial charge in [-0.15, -0.1) is 0 Å². The Morgan fingerprint density at radius 2 is 1.77 bits per heavy atom. The van der Waals surface area contributed by atoms with Gasteiger partial charge in [-0.25, -0.2) is 4.98 Å². The summed E-state index contributed by atoms with van der Waals surface area (Å²) in [4.78, 5) is 62.6. The largest absolute Gasteiger partial charge is 0.377 e. The molecule has 3 saturated heterocycles. The van der Waals surface area contributed by atoms with Gasteiger partial charge in [-0.2, -0.15) is 5.26 Å². The van der Waals surface area contributed by atoms with E-state index in [0.717, 1.165) is 50.9 Å². The maximum atomic E-state index is 13.6. The van der Waals surface area contributed by atoms with Crippen molar-refractivity contribution in [3.05, 3.63) is 52.8 Å². The van der Waals surface area contributed by atoms with Crippen LogP contribution in [0, 0.1) is 11.3 Å². The maximum Gasteiger partial charge on any atom is 0.258 e. The number of anilines is 2. The van der Waals surface area contributed by atoms with Crippen LogP contribution in [0.5, 0.6) is 0 Å². The molecule has 2 aromatic rings. The summed E-state index contributed by atoms with van der Waals surface area (Å²) in [5.41, 5.74) is 1.22. The molecule has 53 heavy (non-hydrogen) atoms. The van der Waals surface area contributed by atoms with Crippen LogP contribution in [-0.2, 0) is 23.9 Å². The van der Waals surface area contributed by atoms with Gasteiger partial charge in [-0.05, 0) is 95.8 Å². The Balaban J connectivity index is 0.926. The van der Waals surface area contributed by atoms with Gasteiger partial charge < -0.3 is 15.0 Å². The third kappa shape index (κ3) is 8.39. The molecule has 4 aliphatic rings. The molecule has 13 nitrogen and oxygen atoms in total. The number of hydrogen-bond donors (Lipinski definition) is 2. The smallest absolute Gasteiger partial charge is 0.258 e. The van der Waals surface area contributed by atoms with E-state index < -0.39 is 5.54 Å². The van der Waals surface area contributed by atoms with Crippen molar-refractivity contribution < 1.29 is 23.9 Å². The summed E-state index contributed by atoms with van der Waals surface area (Å²) in [6.07, 6.45) is 5.84. The molecule has 15 heteroatoms. The van der Waals surface area contributed by atoms with Crippen molar-refractivity contribution in [2.24, 2.45) is 0 Å². The third-order valence-corrected chi connectivity index (χ3v) is 11.7. The van der Waals surface area contributed by atoms with E-state index in [9.17, 15) is 24.4 Å². The second kappa shape index (κ2) is 16.2. The van der Waals surface area contributed by atoms with E-state index >= 15 is 0 Å². The summed E-state index contributed by atoms with van der Waals surface area (Å²) in [5.74, 6) is -1.11. The predicted octanol–water partition coefficient (Wildman–Crippen LogP) is 4.20. The summed E-state index contributed by atoms with van der Waals surface area (Å²) >= 11 is 12.1. The Morgan fingerprint density at radius 1 is 1.09 bits per heavy atom. The second-order valence-corrected chi connectivity index (χ2v) is 15.9. The quantitative estimate of drug-likeness (QED) is 0.265. The zero-order valence-corrected chi connectivity index (χ0v) is 32.2. The Hall–Kier alpha value is -4.00. The molecule has 3 aliphatic heterocycles. The molecule has 4 heterocycles. The van der Waals surface area contributed by atoms with Crippen LogP contribution in [0.15, 0.2) is 36.5 Å². The van der Waals surface area contributed by atoms with E-state index in [1.165, 1.54) is 11.1 Å². The number of piperazine rings is 1. The average Bonchev–Trinajstić information content (AvgIpc) is 3.29. The molecular formula is C38H47ClN8O5S. The van der Waals surface area contributed by atoms with Crippen molar-refractivity contribution in [3.63, 3.8) is 0 Å². The van der Waals surface area contributed by atoms with Gasteiger partial charge in [0.15, 0.2) is 10.8 Å². The number of nitrogens with zero attached hydrogens (tertiary/aromatic N) is 6. The second-order valence-electron chi connectivity index (χ2n) is 15.1. The number of carbonyl (C=O) groups excluding carboxylic acids is 4. The molecule has 1 saturated carbocycles. The lowest BCUT2D eigenvalue weighted by Gasteiger charge is -2.44. The molecule has 4 amide bonds. The summed E-state index contributed by atoms with van der Waals surface area (Å²) in [7, 11) is 0. The molecule has 4 fully saturated rings. The van der Waals surface area contributed by atoms with Gasteiger partial charge in [-0.3, -0.25) is 39.2 Å². The lowest BCUT2D eigenvalue weighted by atomic mass is 9.89. The van der Waals surface area contributed by atoms with Crippen molar-refractivity contribution in [2.45, 2.75) is 102 Å². The predicted molar refractivity (Wildman–Crippen MR) is 204 cm³/mol. The first kappa shape index (κ1) is 38.7. The van der Waals surface area contributed by atoms with Crippen molar-refractivity contribution in [1.29, 1.82) is 5.26 Å². The summed E-state index contributed by atoms with van der Waals surface area (Å²) in [5, 5.41) is 15.2. The van der Waals surface area contributed by atoms with Crippen LogP contribution in [0.4, 0.5) is 11.4 Å². The zero-order chi connectivity index (χ0) is 38.0. The third-order valence-electron chi connectivity index (χ3n) is 11.0. The maximum absolute atomic E-state index is 13.6. The normalized spacial score (nSPS) is 26.8. The van der Waals surface area contributed by atoms with Crippen molar-refractivity contribution in [1.82, 2.24) is 25.0 Å². The summed E-state index contributed by atoms with van der Waals surface area (Å²) in [6.45, 7) is 11.5. The van der Waals surface area contributed by atoms with E-state index in [1.807, 2.05) is 32.0 Å². The number of halogens is 1. The Bertz CT molecular complexity index is 1780. The highest BCUT2D eigenvalue weighted by molar-refractivity contribution is 7.80. The molecular weight excluding hydrogens is 716 g/mol. The number of imide groups is 1. The average molecular weight is 763 g/mol. The number of hydrogen-bond acceptors (Lipinski definition) is 10. The van der Waals surface area contributed by atoms with Gasteiger partial charge >= 0.3 is 0 Å². The van der Waals surface area contributed by atoms with E-state index in [1.54, 1.807) is 18.2 Å². The molecule has 1 aromatic heterocycles. The van der Waals surface area contributed by atoms with E-state index in [2.05, 4.69) is 44.2 Å². The van der Waals surface area contributed by atoms with Gasteiger partial charge in [0.05, 0.1) is 42.1 Å². The van der Waals surface area contributed by atoms with Crippen molar-refractivity contribution >= 4 is 63.9 Å². The highest BCUT2D eigenvalue weighted by Crippen LogP contribution is 2.39. The van der Waals surface area contributed by atoms with E-state index in [4.69, 9.17) is 28.6 Å². The first-order chi connectivity index (χ1) is 25.3. The number of rotatable bonds is 10. The van der Waals surface area contributed by atoms with Gasteiger partial charge in [0.25, 0.3) is 5.91 Å². The van der Waals surface area contributed by atoms with Crippen LogP contribution in [0.25, 0.3) is 0 Å². The molecule has 282 valence electrons. The number of ether oxygens (including phenoxy) is 1. The minimum Gasteiger partial charge on any atom is -0.377 e. The van der Waals surface area contributed by atoms with Gasteiger partial charge in [-0.1, -0.05) is 23.7 Å². The fraction of sp³-hybridized carbons (Fsp3) is 0.553. The van der Waals surface area contributed by atoms with Gasteiger partial charge in [0.1, 0.15) is 11.6 Å². The van der Waals surface area contributed by atoms with Crippen LogP contribution in [0.2, 0.25) is 5.02 Å². The molecule has 1 aromatic carbocycles.